The first-order valence-electron chi connectivity index (χ1n) is 5.69. The van der Waals surface area contributed by atoms with Gasteiger partial charge >= 0.3 is 0 Å². The highest BCUT2D eigenvalue weighted by Crippen LogP contribution is 2.23. The molecule has 0 bridgehead atoms. The van der Waals surface area contributed by atoms with E-state index >= 15 is 0 Å². The average Bonchev–Trinajstić information content (AvgIpc) is 2.28. The van der Waals surface area contributed by atoms with Crippen molar-refractivity contribution < 1.29 is 4.74 Å². The van der Waals surface area contributed by atoms with Gasteiger partial charge in [-0.05, 0) is 38.2 Å². The first-order valence-corrected chi connectivity index (χ1v) is 5.69. The van der Waals surface area contributed by atoms with Crippen molar-refractivity contribution in [1.82, 2.24) is 4.90 Å². The summed E-state index contributed by atoms with van der Waals surface area (Å²) in [5, 5.41) is 0. The molecule has 0 saturated carbocycles. The van der Waals surface area contributed by atoms with Gasteiger partial charge in [-0.3, -0.25) is 0 Å². The summed E-state index contributed by atoms with van der Waals surface area (Å²) in [5.41, 5.74) is 8.23. The van der Waals surface area contributed by atoms with Gasteiger partial charge in [0.2, 0.25) is 0 Å². The first kappa shape index (κ1) is 13.0. The van der Waals surface area contributed by atoms with E-state index in [0.717, 1.165) is 24.4 Å². The summed E-state index contributed by atoms with van der Waals surface area (Å²) < 4.78 is 5.36. The zero-order chi connectivity index (χ0) is 12.1. The summed E-state index contributed by atoms with van der Waals surface area (Å²) in [7, 11) is 3.80. The lowest BCUT2D eigenvalue weighted by Gasteiger charge is -2.18. The van der Waals surface area contributed by atoms with Crippen LogP contribution in [0, 0.1) is 0 Å². The second kappa shape index (κ2) is 5.87. The Balaban J connectivity index is 2.97. The summed E-state index contributed by atoms with van der Waals surface area (Å²) in [4.78, 5) is 2.24. The van der Waals surface area contributed by atoms with E-state index in [9.17, 15) is 0 Å². The number of benzene rings is 1. The molecule has 0 aliphatic rings. The van der Waals surface area contributed by atoms with Gasteiger partial charge in [0.25, 0.3) is 0 Å². The third-order valence-electron chi connectivity index (χ3n) is 2.81. The van der Waals surface area contributed by atoms with Crippen LogP contribution in [0.15, 0.2) is 18.2 Å². The summed E-state index contributed by atoms with van der Waals surface area (Å²) in [6, 6.07) is 6.23. The van der Waals surface area contributed by atoms with Crippen molar-refractivity contribution in [3.05, 3.63) is 29.3 Å². The molecule has 90 valence electrons. The Hall–Kier alpha value is -1.06. The largest absolute Gasteiger partial charge is 0.496 e. The number of nitrogens with zero attached hydrogens (tertiary/aromatic N) is 1. The highest BCUT2D eigenvalue weighted by atomic mass is 16.5. The summed E-state index contributed by atoms with van der Waals surface area (Å²) in [6.07, 6.45) is 0. The number of hydrogen-bond acceptors (Lipinski definition) is 3. The minimum absolute atomic E-state index is 0.0663. The summed E-state index contributed by atoms with van der Waals surface area (Å²) in [6.45, 7) is 6.04. The molecule has 0 spiro atoms. The van der Waals surface area contributed by atoms with Crippen molar-refractivity contribution in [1.29, 1.82) is 0 Å². The molecule has 1 atom stereocenters. The van der Waals surface area contributed by atoms with Crippen LogP contribution in [0.1, 0.15) is 31.0 Å². The van der Waals surface area contributed by atoms with Crippen molar-refractivity contribution in [2.45, 2.75) is 26.4 Å². The van der Waals surface area contributed by atoms with Gasteiger partial charge in [0.1, 0.15) is 5.75 Å². The quantitative estimate of drug-likeness (QED) is 0.829. The molecule has 16 heavy (non-hydrogen) atoms. The Bertz CT molecular complexity index is 337. The lowest BCUT2D eigenvalue weighted by Crippen LogP contribution is -2.17. The first-order chi connectivity index (χ1) is 7.58. The Morgan fingerprint density at radius 1 is 1.44 bits per heavy atom. The zero-order valence-corrected chi connectivity index (χ0v) is 10.7. The Labute approximate surface area is 98.2 Å². The van der Waals surface area contributed by atoms with Crippen LogP contribution in [0.5, 0.6) is 5.75 Å². The molecule has 3 heteroatoms. The molecule has 0 heterocycles. The Morgan fingerprint density at radius 3 is 2.62 bits per heavy atom. The van der Waals surface area contributed by atoms with Crippen molar-refractivity contribution in [2.75, 3.05) is 20.7 Å². The normalized spacial score (nSPS) is 12.9. The Kier molecular flexibility index (Phi) is 4.77. The molecule has 2 N–H and O–H groups in total. The monoisotopic (exact) mass is 222 g/mol. The molecule has 0 saturated heterocycles. The lowest BCUT2D eigenvalue weighted by molar-refractivity contribution is 0.333. The number of rotatable bonds is 5. The smallest absolute Gasteiger partial charge is 0.123 e. The second-order valence-corrected chi connectivity index (χ2v) is 4.19. The van der Waals surface area contributed by atoms with Crippen LogP contribution in [0.25, 0.3) is 0 Å². The molecule has 3 nitrogen and oxygen atoms in total. The van der Waals surface area contributed by atoms with Crippen LogP contribution in [-0.4, -0.2) is 25.6 Å². The van der Waals surface area contributed by atoms with Gasteiger partial charge in [-0.25, -0.2) is 0 Å². The van der Waals surface area contributed by atoms with Crippen LogP contribution < -0.4 is 10.5 Å². The number of nitrogens with two attached hydrogens (primary N) is 1. The average molecular weight is 222 g/mol. The molecule has 0 aliphatic carbocycles. The van der Waals surface area contributed by atoms with E-state index < -0.39 is 0 Å². The van der Waals surface area contributed by atoms with Gasteiger partial charge in [-0.2, -0.15) is 0 Å². The molecule has 1 aromatic rings. The molecule has 0 aromatic heterocycles. The standard InChI is InChI=1S/C13H22N2O/c1-5-15(3)9-12-8-11(10(2)14)6-7-13(12)16-4/h6-8,10H,5,9,14H2,1-4H3. The maximum atomic E-state index is 5.88. The number of methoxy groups -OCH3 is 1. The van der Waals surface area contributed by atoms with Gasteiger partial charge in [0.15, 0.2) is 0 Å². The van der Waals surface area contributed by atoms with Gasteiger partial charge in [0.05, 0.1) is 7.11 Å². The van der Waals surface area contributed by atoms with Gasteiger partial charge < -0.3 is 15.4 Å². The van der Waals surface area contributed by atoms with Gasteiger partial charge in [0, 0.05) is 18.2 Å². The van der Waals surface area contributed by atoms with Crippen LogP contribution in [0.4, 0.5) is 0 Å². The molecule has 0 radical (unpaired) electrons. The lowest BCUT2D eigenvalue weighted by atomic mass is 10.0. The van der Waals surface area contributed by atoms with E-state index in [1.54, 1.807) is 7.11 Å². The zero-order valence-electron chi connectivity index (χ0n) is 10.7. The maximum absolute atomic E-state index is 5.88. The molecule has 1 rings (SSSR count). The van der Waals surface area contributed by atoms with Crippen LogP contribution >= 0.6 is 0 Å². The van der Waals surface area contributed by atoms with E-state index in [1.807, 2.05) is 19.1 Å². The molecule has 0 amide bonds. The molecular weight excluding hydrogens is 200 g/mol. The van der Waals surface area contributed by atoms with E-state index in [2.05, 4.69) is 24.9 Å². The fraction of sp³-hybridized carbons (Fsp3) is 0.538. The third-order valence-corrected chi connectivity index (χ3v) is 2.81. The number of hydrogen-bond donors (Lipinski definition) is 1. The van der Waals surface area contributed by atoms with E-state index in [0.29, 0.717) is 0 Å². The predicted molar refractivity (Wildman–Crippen MR) is 67.6 cm³/mol. The van der Waals surface area contributed by atoms with E-state index in [1.165, 1.54) is 5.56 Å². The summed E-state index contributed by atoms with van der Waals surface area (Å²) in [5.74, 6) is 0.935. The fourth-order valence-corrected chi connectivity index (χ4v) is 1.61. The second-order valence-electron chi connectivity index (χ2n) is 4.19. The third kappa shape index (κ3) is 3.22. The van der Waals surface area contributed by atoms with Crippen molar-refractivity contribution in [2.24, 2.45) is 5.73 Å². The highest BCUT2D eigenvalue weighted by molar-refractivity contribution is 5.38. The van der Waals surface area contributed by atoms with E-state index in [-0.39, 0.29) is 6.04 Å². The fourth-order valence-electron chi connectivity index (χ4n) is 1.61. The predicted octanol–water partition coefficient (Wildman–Crippen LogP) is 2.17. The van der Waals surface area contributed by atoms with E-state index in [4.69, 9.17) is 10.5 Å². The van der Waals surface area contributed by atoms with Crippen molar-refractivity contribution in [3.8, 4) is 5.75 Å². The SMILES string of the molecule is CCN(C)Cc1cc(C(C)N)ccc1OC. The molecule has 1 unspecified atom stereocenters. The minimum Gasteiger partial charge on any atom is -0.496 e. The van der Waals surface area contributed by atoms with Crippen LogP contribution in [0.3, 0.4) is 0 Å². The van der Waals surface area contributed by atoms with Gasteiger partial charge in [-0.1, -0.05) is 13.0 Å². The molecule has 1 aromatic carbocycles. The van der Waals surface area contributed by atoms with Crippen molar-refractivity contribution in [3.63, 3.8) is 0 Å². The molecule has 0 aliphatic heterocycles. The highest BCUT2D eigenvalue weighted by Gasteiger charge is 2.08. The molecular formula is C13H22N2O. The minimum atomic E-state index is 0.0663. The van der Waals surface area contributed by atoms with Crippen LogP contribution in [0.2, 0.25) is 0 Å². The van der Waals surface area contributed by atoms with Gasteiger partial charge in [-0.15, -0.1) is 0 Å². The molecule has 0 fully saturated rings. The number of ether oxygens (including phenoxy) is 1. The topological polar surface area (TPSA) is 38.5 Å². The maximum Gasteiger partial charge on any atom is 0.123 e. The van der Waals surface area contributed by atoms with Crippen molar-refractivity contribution >= 4 is 0 Å². The Morgan fingerprint density at radius 2 is 2.12 bits per heavy atom. The summed E-state index contributed by atoms with van der Waals surface area (Å²) >= 11 is 0. The van der Waals surface area contributed by atoms with Crippen LogP contribution in [-0.2, 0) is 6.54 Å².